The number of carbonyl (C=O) groups is 1. The molecule has 0 atom stereocenters. The molecule has 1 aromatic rings. The molecule has 8 heteroatoms. The van der Waals surface area contributed by atoms with Crippen molar-refractivity contribution in [2.45, 2.75) is 11.7 Å². The molecule has 1 aliphatic rings. The van der Waals surface area contributed by atoms with Crippen molar-refractivity contribution < 1.29 is 31.3 Å². The third kappa shape index (κ3) is 2.86. The molecular formula is C12H10F2O5S. The number of halogens is 2. The maximum Gasteiger partial charge on any atom is 0.402 e. The Hall–Kier alpha value is -1.80. The van der Waals surface area contributed by atoms with Gasteiger partial charge in [-0.05, 0) is 29.7 Å². The normalized spacial score (nSPS) is 14.2. The Balaban J connectivity index is 2.07. The number of carbonyl (C=O) groups excluding carboxylic acids is 1. The summed E-state index contributed by atoms with van der Waals surface area (Å²) in [5, 5.41) is -4.53. The molecule has 108 valence electrons. The highest BCUT2D eigenvalue weighted by Crippen LogP contribution is 2.23. The van der Waals surface area contributed by atoms with Gasteiger partial charge in [-0.1, -0.05) is 18.2 Å². The van der Waals surface area contributed by atoms with Crippen LogP contribution in [0.25, 0.3) is 6.08 Å². The number of benzene rings is 1. The molecule has 0 aliphatic heterocycles. The molecule has 5 nitrogen and oxygen atoms in total. The van der Waals surface area contributed by atoms with Crippen LogP contribution in [0.5, 0.6) is 0 Å². The molecule has 0 amide bonds. The molecule has 0 heterocycles. The van der Waals surface area contributed by atoms with Crippen molar-refractivity contribution in [3.05, 3.63) is 41.0 Å². The minimum absolute atomic E-state index is 0.0404. The summed E-state index contributed by atoms with van der Waals surface area (Å²) in [4.78, 5) is 11.6. The minimum Gasteiger partial charge on any atom is -0.454 e. The summed E-state index contributed by atoms with van der Waals surface area (Å²) in [5.41, 5.74) is 1.81. The van der Waals surface area contributed by atoms with Gasteiger partial charge in [0.25, 0.3) is 0 Å². The summed E-state index contributed by atoms with van der Waals surface area (Å²) in [6.07, 6.45) is 4.36. The largest absolute Gasteiger partial charge is 0.454 e. The standard InChI is InChI=1S/C12H10F2O5S/c13-12(14,20(16,17)18)7-19-11(15)10-5-4-8-2-1-3-9(8)6-10/h1-2,4-6H,3,7H2,(H,16,17,18). The van der Waals surface area contributed by atoms with Gasteiger partial charge in [0.15, 0.2) is 6.61 Å². The lowest BCUT2D eigenvalue weighted by Crippen LogP contribution is -2.34. The highest BCUT2D eigenvalue weighted by molar-refractivity contribution is 7.86. The Kier molecular flexibility index (Phi) is 3.61. The van der Waals surface area contributed by atoms with E-state index in [4.69, 9.17) is 4.55 Å². The van der Waals surface area contributed by atoms with Crippen LogP contribution in [0.4, 0.5) is 8.78 Å². The second-order valence-electron chi connectivity index (χ2n) is 4.21. The average molecular weight is 304 g/mol. The van der Waals surface area contributed by atoms with Crippen molar-refractivity contribution in [2.24, 2.45) is 0 Å². The fourth-order valence-corrected chi connectivity index (χ4v) is 1.90. The molecule has 0 radical (unpaired) electrons. The summed E-state index contributed by atoms with van der Waals surface area (Å²) >= 11 is 0. The van der Waals surface area contributed by atoms with Crippen molar-refractivity contribution in [2.75, 3.05) is 6.61 Å². The van der Waals surface area contributed by atoms with E-state index >= 15 is 0 Å². The van der Waals surface area contributed by atoms with Crippen molar-refractivity contribution in [3.63, 3.8) is 0 Å². The molecule has 0 fully saturated rings. The first-order valence-corrected chi connectivity index (χ1v) is 6.96. The molecule has 0 spiro atoms. The van der Waals surface area contributed by atoms with Gasteiger partial charge >= 0.3 is 21.3 Å². The summed E-state index contributed by atoms with van der Waals surface area (Å²) in [5.74, 6) is -1.08. The number of alkyl halides is 2. The van der Waals surface area contributed by atoms with Crippen LogP contribution in [0, 0.1) is 0 Å². The lowest BCUT2D eigenvalue weighted by molar-refractivity contribution is -0.00950. The summed E-state index contributed by atoms with van der Waals surface area (Å²) in [7, 11) is -5.61. The second-order valence-corrected chi connectivity index (χ2v) is 5.76. The van der Waals surface area contributed by atoms with E-state index in [1.54, 1.807) is 6.07 Å². The predicted octanol–water partition coefficient (Wildman–Crippen LogP) is 1.89. The number of fused-ring (bicyclic) bond motifs is 1. The fraction of sp³-hybridized carbons (Fsp3) is 0.250. The Morgan fingerprint density at radius 2 is 2.10 bits per heavy atom. The molecule has 0 aromatic heterocycles. The third-order valence-electron chi connectivity index (χ3n) is 2.76. The second kappa shape index (κ2) is 4.95. The number of esters is 1. The van der Waals surface area contributed by atoms with E-state index in [0.29, 0.717) is 6.42 Å². The molecule has 0 bridgehead atoms. The summed E-state index contributed by atoms with van der Waals surface area (Å²) < 4.78 is 59.0. The minimum atomic E-state index is -5.61. The van der Waals surface area contributed by atoms with E-state index in [-0.39, 0.29) is 5.56 Å². The van der Waals surface area contributed by atoms with Gasteiger partial charge in [0.05, 0.1) is 5.56 Å². The molecule has 1 aliphatic carbocycles. The predicted molar refractivity (Wildman–Crippen MR) is 66.0 cm³/mol. The Bertz CT molecular complexity index is 679. The zero-order chi connectivity index (χ0) is 15.0. The van der Waals surface area contributed by atoms with Gasteiger partial charge in [0.2, 0.25) is 0 Å². The first-order chi connectivity index (χ1) is 9.21. The van der Waals surface area contributed by atoms with Gasteiger partial charge in [-0.25, -0.2) is 4.79 Å². The van der Waals surface area contributed by atoms with E-state index in [1.165, 1.54) is 12.1 Å². The smallest absolute Gasteiger partial charge is 0.402 e. The summed E-state index contributed by atoms with van der Waals surface area (Å²) in [6.45, 7) is -1.74. The Morgan fingerprint density at radius 3 is 2.75 bits per heavy atom. The quantitative estimate of drug-likeness (QED) is 0.678. The zero-order valence-corrected chi connectivity index (χ0v) is 10.9. The van der Waals surface area contributed by atoms with Crippen molar-refractivity contribution in [1.29, 1.82) is 0 Å². The number of hydrogen-bond donors (Lipinski definition) is 1. The van der Waals surface area contributed by atoms with Crippen LogP contribution in [-0.2, 0) is 21.3 Å². The molecule has 0 saturated carbocycles. The van der Waals surface area contributed by atoms with Gasteiger partial charge in [0.1, 0.15) is 0 Å². The van der Waals surface area contributed by atoms with Crippen LogP contribution >= 0.6 is 0 Å². The van der Waals surface area contributed by atoms with Crippen molar-refractivity contribution in [3.8, 4) is 0 Å². The SMILES string of the molecule is O=C(OCC(F)(F)S(=O)(=O)O)c1ccc2c(c1)CC=C2. The van der Waals surface area contributed by atoms with Crippen molar-refractivity contribution in [1.82, 2.24) is 0 Å². The monoisotopic (exact) mass is 304 g/mol. The average Bonchev–Trinajstić information content (AvgIpc) is 2.81. The first kappa shape index (κ1) is 14.6. The number of allylic oxidation sites excluding steroid dienone is 1. The molecular weight excluding hydrogens is 294 g/mol. The van der Waals surface area contributed by atoms with Gasteiger partial charge in [-0.3, -0.25) is 4.55 Å². The molecule has 1 aromatic carbocycles. The lowest BCUT2D eigenvalue weighted by atomic mass is 10.1. The molecule has 1 N–H and O–H groups in total. The van der Waals surface area contributed by atoms with E-state index in [1.807, 2.05) is 12.2 Å². The molecule has 2 rings (SSSR count). The van der Waals surface area contributed by atoms with Crippen molar-refractivity contribution >= 4 is 22.2 Å². The van der Waals surface area contributed by atoms with E-state index in [2.05, 4.69) is 4.74 Å². The molecule has 20 heavy (non-hydrogen) atoms. The Labute approximate surface area is 113 Å². The van der Waals surface area contributed by atoms with Crippen LogP contribution in [0.2, 0.25) is 0 Å². The highest BCUT2D eigenvalue weighted by atomic mass is 32.2. The maximum absolute atomic E-state index is 12.9. The number of rotatable bonds is 4. The zero-order valence-electron chi connectivity index (χ0n) is 10.0. The van der Waals surface area contributed by atoms with Gasteiger partial charge < -0.3 is 4.74 Å². The van der Waals surface area contributed by atoms with Crippen LogP contribution in [0.15, 0.2) is 24.3 Å². The maximum atomic E-state index is 12.9. The topological polar surface area (TPSA) is 80.7 Å². The Morgan fingerprint density at radius 1 is 1.40 bits per heavy atom. The van der Waals surface area contributed by atoms with Gasteiger partial charge in [0, 0.05) is 0 Å². The fourth-order valence-electron chi connectivity index (χ4n) is 1.69. The third-order valence-corrected chi connectivity index (χ3v) is 3.64. The van der Waals surface area contributed by atoms with Crippen LogP contribution < -0.4 is 0 Å². The van der Waals surface area contributed by atoms with Crippen LogP contribution in [0.1, 0.15) is 21.5 Å². The van der Waals surface area contributed by atoms with E-state index in [9.17, 15) is 22.0 Å². The van der Waals surface area contributed by atoms with Gasteiger partial charge in [-0.2, -0.15) is 17.2 Å². The lowest BCUT2D eigenvalue weighted by Gasteiger charge is -2.13. The van der Waals surface area contributed by atoms with E-state index in [0.717, 1.165) is 11.1 Å². The van der Waals surface area contributed by atoms with E-state index < -0.39 is 27.9 Å². The number of hydrogen-bond acceptors (Lipinski definition) is 4. The summed E-state index contributed by atoms with van der Waals surface area (Å²) in [6, 6.07) is 4.52. The van der Waals surface area contributed by atoms with Crippen LogP contribution in [0.3, 0.4) is 0 Å². The molecule has 0 saturated heterocycles. The van der Waals surface area contributed by atoms with Crippen LogP contribution in [-0.4, -0.2) is 30.8 Å². The number of ether oxygens (including phenoxy) is 1. The highest BCUT2D eigenvalue weighted by Gasteiger charge is 2.45. The molecule has 0 unspecified atom stereocenters. The van der Waals surface area contributed by atoms with Gasteiger partial charge in [-0.15, -0.1) is 0 Å². The first-order valence-electron chi connectivity index (χ1n) is 5.52.